The average molecular weight is 188 g/mol. The molecule has 0 amide bonds. The third-order valence-electron chi connectivity index (χ3n) is 1.84. The Morgan fingerprint density at radius 3 is 2.79 bits per heavy atom. The maximum absolute atomic E-state index is 10.9. The van der Waals surface area contributed by atoms with Crippen LogP contribution in [0.25, 0.3) is 0 Å². The number of carbonyl (C=O) groups excluding carboxylic acids is 1. The molecular weight excluding hydrogens is 177 g/mol. The predicted molar refractivity (Wildman–Crippen MR) is 52.1 cm³/mol. The Bertz CT molecular complexity index is 391. The van der Waals surface area contributed by atoms with Crippen LogP contribution >= 0.6 is 0 Å². The lowest BCUT2D eigenvalue weighted by Crippen LogP contribution is -1.97. The molecule has 0 N–H and O–H groups in total. The van der Waals surface area contributed by atoms with Gasteiger partial charge in [0.15, 0.2) is 0 Å². The number of hydrogen-bond donors (Lipinski definition) is 0. The number of Topliss-reactive ketones (excluding diaryl/α,β-unsaturated/α-hetero) is 1. The van der Waals surface area contributed by atoms with Crippen molar-refractivity contribution < 1.29 is 9.53 Å². The van der Waals surface area contributed by atoms with E-state index in [0.717, 1.165) is 5.56 Å². The fourth-order valence-electron chi connectivity index (χ4n) is 1.24. The van der Waals surface area contributed by atoms with Crippen molar-refractivity contribution in [2.75, 3.05) is 7.11 Å². The third kappa shape index (κ3) is 2.33. The SMILES string of the molecule is COc1ccc(CC(C)=O)cc1[11C]#N. The molecule has 0 heterocycles. The van der Waals surface area contributed by atoms with Crippen LogP contribution in [0.2, 0.25) is 0 Å². The van der Waals surface area contributed by atoms with Gasteiger partial charge in [-0.3, -0.25) is 4.79 Å². The molecule has 0 unspecified atom stereocenters. The highest BCUT2D eigenvalue weighted by molar-refractivity contribution is 5.78. The van der Waals surface area contributed by atoms with Crippen molar-refractivity contribution in [2.24, 2.45) is 0 Å². The Morgan fingerprint density at radius 1 is 1.57 bits per heavy atom. The van der Waals surface area contributed by atoms with E-state index in [9.17, 15) is 4.79 Å². The highest BCUT2D eigenvalue weighted by atomic mass is 16.5. The summed E-state index contributed by atoms with van der Waals surface area (Å²) in [5, 5.41) is 8.79. The van der Waals surface area contributed by atoms with Crippen LogP contribution in [0.3, 0.4) is 0 Å². The van der Waals surface area contributed by atoms with Crippen LogP contribution < -0.4 is 4.74 Å². The molecule has 1 aromatic carbocycles. The molecule has 0 fully saturated rings. The monoisotopic (exact) mass is 188 g/mol. The van der Waals surface area contributed by atoms with Crippen LogP contribution in [0.4, 0.5) is 0 Å². The summed E-state index contributed by atoms with van der Waals surface area (Å²) in [6.07, 6.45) is 0.360. The van der Waals surface area contributed by atoms with Crippen LogP contribution in [-0.2, 0) is 11.2 Å². The molecule has 0 bridgehead atoms. The van der Waals surface area contributed by atoms with Gasteiger partial charge >= 0.3 is 0 Å². The first kappa shape index (κ1) is 10.3. The highest BCUT2D eigenvalue weighted by Gasteiger charge is 2.04. The van der Waals surface area contributed by atoms with Crippen LogP contribution in [0.5, 0.6) is 5.75 Å². The molecule has 0 radical (unpaired) electrons. The fraction of sp³-hybridized carbons (Fsp3) is 0.273. The van der Waals surface area contributed by atoms with Gasteiger partial charge in [0, 0.05) is 6.42 Å². The van der Waals surface area contributed by atoms with Crippen molar-refractivity contribution in [3.8, 4) is 11.8 Å². The molecule has 0 aromatic heterocycles. The lowest BCUT2D eigenvalue weighted by Gasteiger charge is -2.04. The van der Waals surface area contributed by atoms with Gasteiger partial charge in [-0.15, -0.1) is 0 Å². The van der Waals surface area contributed by atoms with Crippen LogP contribution in [0.15, 0.2) is 18.2 Å². The number of carbonyl (C=O) groups is 1. The van der Waals surface area contributed by atoms with E-state index in [2.05, 4.69) is 0 Å². The maximum Gasteiger partial charge on any atom is 0.136 e. The van der Waals surface area contributed by atoms with E-state index in [1.54, 1.807) is 18.2 Å². The van der Waals surface area contributed by atoms with Gasteiger partial charge in [-0.05, 0) is 24.6 Å². The van der Waals surface area contributed by atoms with Gasteiger partial charge in [0.1, 0.15) is 17.6 Å². The minimum atomic E-state index is 0.0825. The Labute approximate surface area is 82.9 Å². The Morgan fingerprint density at radius 2 is 2.29 bits per heavy atom. The molecule has 0 saturated carbocycles. The topological polar surface area (TPSA) is 50.1 Å². The minimum Gasteiger partial charge on any atom is -0.495 e. The molecule has 3 heteroatoms. The van der Waals surface area contributed by atoms with E-state index in [4.69, 9.17) is 10.00 Å². The summed E-state index contributed by atoms with van der Waals surface area (Å²) in [6.45, 7) is 1.52. The minimum absolute atomic E-state index is 0.0825. The molecule has 0 aliphatic heterocycles. The summed E-state index contributed by atoms with van der Waals surface area (Å²) in [6, 6.07) is 7.20. The van der Waals surface area contributed by atoms with Crippen molar-refractivity contribution in [1.82, 2.24) is 0 Å². The first-order valence-electron chi connectivity index (χ1n) is 4.24. The molecule has 0 saturated heterocycles. The van der Waals surface area contributed by atoms with Gasteiger partial charge in [-0.1, -0.05) is 6.07 Å². The van der Waals surface area contributed by atoms with E-state index < -0.39 is 0 Å². The van der Waals surface area contributed by atoms with Gasteiger partial charge in [-0.2, -0.15) is 5.26 Å². The summed E-state index contributed by atoms with van der Waals surface area (Å²) in [7, 11) is 1.51. The number of methoxy groups -OCH3 is 1. The molecule has 14 heavy (non-hydrogen) atoms. The second-order valence-electron chi connectivity index (χ2n) is 3.03. The largest absolute Gasteiger partial charge is 0.495 e. The van der Waals surface area contributed by atoms with Crippen LogP contribution in [0, 0.1) is 11.3 Å². The molecule has 0 aliphatic rings. The van der Waals surface area contributed by atoms with E-state index >= 15 is 0 Å². The van der Waals surface area contributed by atoms with Crippen LogP contribution in [-0.4, -0.2) is 12.9 Å². The summed E-state index contributed by atoms with van der Waals surface area (Å²) in [5.41, 5.74) is 1.31. The van der Waals surface area contributed by atoms with Gasteiger partial charge in [-0.25, -0.2) is 0 Å². The summed E-state index contributed by atoms with van der Waals surface area (Å²) in [4.78, 5) is 10.9. The van der Waals surface area contributed by atoms with Crippen molar-refractivity contribution >= 4 is 5.78 Å². The molecule has 1 rings (SSSR count). The van der Waals surface area contributed by atoms with Gasteiger partial charge < -0.3 is 4.74 Å². The first-order valence-corrected chi connectivity index (χ1v) is 4.24. The van der Waals surface area contributed by atoms with Crippen molar-refractivity contribution in [3.05, 3.63) is 29.3 Å². The summed E-state index contributed by atoms with van der Waals surface area (Å²) >= 11 is 0. The van der Waals surface area contributed by atoms with Gasteiger partial charge in [0.25, 0.3) is 0 Å². The zero-order chi connectivity index (χ0) is 10.6. The normalized spacial score (nSPS) is 9.21. The van der Waals surface area contributed by atoms with E-state index in [1.807, 2.05) is 6.07 Å². The molecular formula is C11H11NO2. The molecule has 1 aromatic rings. The Hall–Kier alpha value is -1.82. The smallest absolute Gasteiger partial charge is 0.136 e. The second kappa shape index (κ2) is 4.43. The number of hydrogen-bond acceptors (Lipinski definition) is 3. The number of nitrogens with zero attached hydrogens (tertiary/aromatic N) is 1. The molecule has 3 nitrogen and oxygen atoms in total. The second-order valence-corrected chi connectivity index (χ2v) is 3.03. The lowest BCUT2D eigenvalue weighted by atomic mass is 9.95. The quantitative estimate of drug-likeness (QED) is 0.725. The van der Waals surface area contributed by atoms with E-state index in [-0.39, 0.29) is 5.78 Å². The maximum atomic E-state index is 10.9. The first-order chi connectivity index (χ1) is 6.67. The lowest BCUT2D eigenvalue weighted by molar-refractivity contribution is -0.116. The summed E-state index contributed by atoms with van der Waals surface area (Å²) < 4.78 is 4.99. The van der Waals surface area contributed by atoms with Gasteiger partial charge in [0.2, 0.25) is 0 Å². The average Bonchev–Trinajstić information content (AvgIpc) is 2.16. The van der Waals surface area contributed by atoms with Gasteiger partial charge in [0.05, 0.1) is 12.7 Å². The van der Waals surface area contributed by atoms with Crippen molar-refractivity contribution in [1.29, 1.82) is 5.26 Å². The zero-order valence-electron chi connectivity index (χ0n) is 8.20. The van der Waals surface area contributed by atoms with E-state index in [0.29, 0.717) is 17.7 Å². The van der Waals surface area contributed by atoms with Crippen molar-refractivity contribution in [2.45, 2.75) is 13.3 Å². The zero-order valence-corrected chi connectivity index (χ0v) is 8.20. The molecule has 0 aliphatic carbocycles. The predicted octanol–water partition coefficient (Wildman–Crippen LogP) is 1.70. The highest BCUT2D eigenvalue weighted by Crippen LogP contribution is 2.18. The number of rotatable bonds is 3. The number of ether oxygens (including phenoxy) is 1. The number of ketones is 1. The number of benzene rings is 1. The molecule has 0 spiro atoms. The Balaban J connectivity index is 3.03. The Kier molecular flexibility index (Phi) is 3.24. The fourth-order valence-corrected chi connectivity index (χ4v) is 1.24. The van der Waals surface area contributed by atoms with Crippen LogP contribution in [0.1, 0.15) is 18.1 Å². The molecule has 72 valence electrons. The molecule has 0 atom stereocenters. The van der Waals surface area contributed by atoms with Crippen molar-refractivity contribution in [3.63, 3.8) is 0 Å². The third-order valence-corrected chi connectivity index (χ3v) is 1.84. The standard InChI is InChI=1S/C11H11NO2/c1-8(13)5-9-3-4-11(14-2)10(6-9)7-12/h3-4,6H,5H2,1-2H3/i7-1. The number of nitriles is 1. The van der Waals surface area contributed by atoms with E-state index in [1.165, 1.54) is 14.0 Å². The summed E-state index contributed by atoms with van der Waals surface area (Å²) in [5.74, 6) is 0.624.